The van der Waals surface area contributed by atoms with Crippen molar-refractivity contribution in [2.75, 3.05) is 12.3 Å². The molecule has 0 aliphatic heterocycles. The summed E-state index contributed by atoms with van der Waals surface area (Å²) < 4.78 is 0. The Morgan fingerprint density at radius 1 is 1.03 bits per heavy atom. The van der Waals surface area contributed by atoms with Gasteiger partial charge < -0.3 is 10.2 Å². The minimum Gasteiger partial charge on any atom is -0.354 e. The Labute approximate surface area is 179 Å². The number of thioether (sulfide) groups is 1. The summed E-state index contributed by atoms with van der Waals surface area (Å²) >= 11 is 1.51. The van der Waals surface area contributed by atoms with Crippen LogP contribution in [0.5, 0.6) is 0 Å². The van der Waals surface area contributed by atoms with Crippen LogP contribution < -0.4 is 5.32 Å². The number of nitrogens with one attached hydrogen (secondary N) is 1. The van der Waals surface area contributed by atoms with Crippen LogP contribution in [0.15, 0.2) is 59.5 Å². The quantitative estimate of drug-likeness (QED) is 0.577. The number of carbonyl (C=O) groups excluding carboxylic acids is 2. The van der Waals surface area contributed by atoms with Crippen LogP contribution in [0.25, 0.3) is 0 Å². The molecule has 4 nitrogen and oxygen atoms in total. The van der Waals surface area contributed by atoms with Crippen molar-refractivity contribution in [1.29, 1.82) is 0 Å². The summed E-state index contributed by atoms with van der Waals surface area (Å²) in [4.78, 5) is 28.9. The highest BCUT2D eigenvalue weighted by Crippen LogP contribution is 2.21. The molecule has 0 saturated carbocycles. The van der Waals surface area contributed by atoms with Crippen LogP contribution in [-0.4, -0.2) is 35.1 Å². The predicted octanol–water partition coefficient (Wildman–Crippen LogP) is 4.67. The van der Waals surface area contributed by atoms with Gasteiger partial charge in [-0.3, -0.25) is 9.59 Å². The Hall–Kier alpha value is -2.27. The third-order valence-electron chi connectivity index (χ3n) is 4.78. The average Bonchev–Trinajstić information content (AvgIpc) is 2.72. The van der Waals surface area contributed by atoms with Crippen molar-refractivity contribution >= 4 is 23.6 Å². The molecule has 2 aromatic carbocycles. The van der Waals surface area contributed by atoms with E-state index in [1.54, 1.807) is 4.90 Å². The monoisotopic (exact) mass is 412 g/mol. The number of hydrogen-bond acceptors (Lipinski definition) is 3. The predicted molar refractivity (Wildman–Crippen MR) is 121 cm³/mol. The van der Waals surface area contributed by atoms with Crippen LogP contribution in [0.4, 0.5) is 0 Å². The van der Waals surface area contributed by atoms with E-state index >= 15 is 0 Å². The molecule has 0 aromatic heterocycles. The first kappa shape index (κ1) is 23.0. The smallest absolute Gasteiger partial charge is 0.242 e. The lowest BCUT2D eigenvalue weighted by molar-refractivity contribution is -0.139. The zero-order valence-electron chi connectivity index (χ0n) is 17.9. The van der Waals surface area contributed by atoms with Crippen LogP contribution in [0, 0.1) is 12.8 Å². The summed E-state index contributed by atoms with van der Waals surface area (Å²) in [5.74, 6) is 0.580. The van der Waals surface area contributed by atoms with Gasteiger partial charge in [0.05, 0.1) is 5.75 Å². The van der Waals surface area contributed by atoms with Crippen molar-refractivity contribution in [3.05, 3.63) is 65.7 Å². The largest absolute Gasteiger partial charge is 0.354 e. The molecule has 1 N–H and O–H groups in total. The molecule has 2 aromatic rings. The molecular weight excluding hydrogens is 380 g/mol. The first-order chi connectivity index (χ1) is 13.9. The van der Waals surface area contributed by atoms with Crippen LogP contribution >= 0.6 is 11.8 Å². The molecule has 0 saturated heterocycles. The second kappa shape index (κ2) is 11.7. The van der Waals surface area contributed by atoms with Gasteiger partial charge >= 0.3 is 0 Å². The molecule has 0 radical (unpaired) electrons. The molecule has 2 amide bonds. The van der Waals surface area contributed by atoms with Gasteiger partial charge in [0.15, 0.2) is 0 Å². The summed E-state index contributed by atoms with van der Waals surface area (Å²) in [5.41, 5.74) is 2.19. The van der Waals surface area contributed by atoms with Gasteiger partial charge in [0.25, 0.3) is 0 Å². The van der Waals surface area contributed by atoms with Gasteiger partial charge in [0, 0.05) is 18.0 Å². The highest BCUT2D eigenvalue weighted by Gasteiger charge is 2.28. The van der Waals surface area contributed by atoms with Crippen molar-refractivity contribution < 1.29 is 9.59 Å². The molecule has 0 unspecified atom stereocenters. The van der Waals surface area contributed by atoms with E-state index < -0.39 is 6.04 Å². The Morgan fingerprint density at radius 3 is 2.31 bits per heavy atom. The maximum Gasteiger partial charge on any atom is 0.242 e. The van der Waals surface area contributed by atoms with Gasteiger partial charge in [-0.1, -0.05) is 63.2 Å². The summed E-state index contributed by atoms with van der Waals surface area (Å²) in [6.07, 6.45) is 0.581. The van der Waals surface area contributed by atoms with Gasteiger partial charge in [-0.15, -0.1) is 11.8 Å². The Morgan fingerprint density at radius 2 is 1.69 bits per heavy atom. The van der Waals surface area contributed by atoms with Crippen molar-refractivity contribution in [3.8, 4) is 0 Å². The third kappa shape index (κ3) is 7.24. The fourth-order valence-electron chi connectivity index (χ4n) is 3.06. The standard InChI is InChI=1S/C24H32N2O2S/c1-5-22(24(28)25-15-18(2)3)26(16-20-12-10-9-11-19(20)4)23(27)17-29-21-13-7-6-8-14-21/h6-14,18,22H,5,15-17H2,1-4H3,(H,25,28)/t22-/m0/s1. The van der Waals surface area contributed by atoms with Crippen molar-refractivity contribution in [2.45, 2.75) is 51.6 Å². The molecular formula is C24H32N2O2S. The minimum atomic E-state index is -0.475. The lowest BCUT2D eigenvalue weighted by Gasteiger charge is -2.31. The first-order valence-corrected chi connectivity index (χ1v) is 11.2. The summed E-state index contributed by atoms with van der Waals surface area (Å²) in [6.45, 7) is 9.18. The molecule has 156 valence electrons. The number of aryl methyl sites for hydroxylation is 1. The van der Waals surface area contributed by atoms with Gasteiger partial charge in [0.2, 0.25) is 11.8 Å². The van der Waals surface area contributed by atoms with Gasteiger partial charge in [-0.25, -0.2) is 0 Å². The summed E-state index contributed by atoms with van der Waals surface area (Å²) in [5, 5.41) is 3.00. The van der Waals surface area contributed by atoms with Crippen molar-refractivity contribution in [3.63, 3.8) is 0 Å². The second-order valence-corrected chi connectivity index (χ2v) is 8.66. The lowest BCUT2D eigenvalue weighted by Crippen LogP contribution is -2.50. The first-order valence-electron chi connectivity index (χ1n) is 10.2. The Bertz CT molecular complexity index is 792. The molecule has 0 spiro atoms. The molecule has 0 aliphatic carbocycles. The van der Waals surface area contributed by atoms with Crippen LogP contribution in [0.3, 0.4) is 0 Å². The van der Waals surface area contributed by atoms with E-state index in [0.29, 0.717) is 31.2 Å². The third-order valence-corrected chi connectivity index (χ3v) is 5.77. The Kier molecular flexibility index (Phi) is 9.26. The fourth-order valence-corrected chi connectivity index (χ4v) is 3.86. The van der Waals surface area contributed by atoms with Crippen LogP contribution in [0.1, 0.15) is 38.3 Å². The number of rotatable bonds is 10. The van der Waals surface area contributed by atoms with E-state index in [4.69, 9.17) is 0 Å². The summed E-state index contributed by atoms with van der Waals surface area (Å²) in [6, 6.07) is 17.4. The van der Waals surface area contributed by atoms with E-state index in [0.717, 1.165) is 16.0 Å². The Balaban J connectivity index is 2.19. The molecule has 1 atom stereocenters. The number of benzene rings is 2. The molecule has 0 heterocycles. The number of amides is 2. The minimum absolute atomic E-state index is 0.0198. The molecule has 0 aliphatic rings. The topological polar surface area (TPSA) is 49.4 Å². The van der Waals surface area contributed by atoms with E-state index in [1.807, 2.05) is 68.4 Å². The zero-order chi connectivity index (χ0) is 21.2. The SMILES string of the molecule is CC[C@@H](C(=O)NCC(C)C)N(Cc1ccccc1C)C(=O)CSc1ccccc1. The normalized spacial score (nSPS) is 11.9. The average molecular weight is 413 g/mol. The highest BCUT2D eigenvalue weighted by molar-refractivity contribution is 8.00. The maximum absolute atomic E-state index is 13.2. The molecule has 29 heavy (non-hydrogen) atoms. The van der Waals surface area contributed by atoms with E-state index in [1.165, 1.54) is 11.8 Å². The van der Waals surface area contributed by atoms with E-state index in [2.05, 4.69) is 19.2 Å². The van der Waals surface area contributed by atoms with E-state index in [-0.39, 0.29) is 11.8 Å². The highest BCUT2D eigenvalue weighted by atomic mass is 32.2. The molecule has 0 fully saturated rings. The lowest BCUT2D eigenvalue weighted by atomic mass is 10.1. The number of nitrogens with zero attached hydrogens (tertiary/aromatic N) is 1. The van der Waals surface area contributed by atoms with Gasteiger partial charge in [-0.2, -0.15) is 0 Å². The van der Waals surface area contributed by atoms with Crippen molar-refractivity contribution in [2.24, 2.45) is 5.92 Å². The second-order valence-electron chi connectivity index (χ2n) is 7.61. The molecule has 0 bridgehead atoms. The fraction of sp³-hybridized carbons (Fsp3) is 0.417. The number of carbonyl (C=O) groups is 2. The maximum atomic E-state index is 13.2. The molecule has 5 heteroatoms. The zero-order valence-corrected chi connectivity index (χ0v) is 18.7. The van der Waals surface area contributed by atoms with E-state index in [9.17, 15) is 9.59 Å². The van der Waals surface area contributed by atoms with Crippen LogP contribution in [0.2, 0.25) is 0 Å². The van der Waals surface area contributed by atoms with Crippen molar-refractivity contribution in [1.82, 2.24) is 10.2 Å². The molecule has 2 rings (SSSR count). The van der Waals surface area contributed by atoms with Gasteiger partial charge in [0.1, 0.15) is 6.04 Å². The number of hydrogen-bond donors (Lipinski definition) is 1. The summed E-state index contributed by atoms with van der Waals surface area (Å²) in [7, 11) is 0. The van der Waals surface area contributed by atoms with Crippen LogP contribution in [-0.2, 0) is 16.1 Å². The van der Waals surface area contributed by atoms with Gasteiger partial charge in [-0.05, 0) is 42.5 Å².